The van der Waals surface area contributed by atoms with Crippen LogP contribution in [0.3, 0.4) is 0 Å². The first-order valence-electron chi connectivity index (χ1n) is 14.8. The molecule has 15 heteroatoms. The number of aromatic nitrogens is 4. The van der Waals surface area contributed by atoms with Gasteiger partial charge in [-0.15, -0.1) is 0 Å². The Morgan fingerprint density at radius 2 is 1.74 bits per heavy atom. The van der Waals surface area contributed by atoms with Crippen molar-refractivity contribution in [1.29, 1.82) is 0 Å². The van der Waals surface area contributed by atoms with Crippen LogP contribution in [0.25, 0.3) is 0 Å². The second-order valence-corrected chi connectivity index (χ2v) is 13.9. The normalized spacial score (nSPS) is 11.7. The van der Waals surface area contributed by atoms with Crippen molar-refractivity contribution in [1.82, 2.24) is 30.4 Å². The maximum atomic E-state index is 14.1. The number of benzene rings is 2. The van der Waals surface area contributed by atoms with E-state index in [1.165, 1.54) is 23.9 Å². The lowest BCUT2D eigenvalue weighted by molar-refractivity contribution is 0.399. The molecule has 2 heterocycles. The summed E-state index contributed by atoms with van der Waals surface area (Å²) in [6, 6.07) is 10.8. The zero-order valence-electron chi connectivity index (χ0n) is 26.6. The summed E-state index contributed by atoms with van der Waals surface area (Å²) in [5, 5.41) is 14.3. The SMILES string of the molecule is CCCN(CCNCCN(C)C)c1nc(Sc2ccc(S(=O)(=O)Cc3cc(F)ccc3F)cc2)nc(Nc2cc(C)[nH]n2)c1OC. The summed E-state index contributed by atoms with van der Waals surface area (Å²) in [7, 11) is 1.71. The molecule has 0 fully saturated rings. The minimum absolute atomic E-state index is 0.0102. The molecular formula is C31H40F2N8O3S2. The molecule has 3 N–H and O–H groups in total. The maximum absolute atomic E-state index is 14.1. The second kappa shape index (κ2) is 16.2. The minimum Gasteiger partial charge on any atom is -0.490 e. The van der Waals surface area contributed by atoms with Crippen molar-refractivity contribution in [3.63, 3.8) is 0 Å². The molecule has 4 aromatic rings. The van der Waals surface area contributed by atoms with Gasteiger partial charge in [-0.3, -0.25) is 5.10 Å². The van der Waals surface area contributed by atoms with Crippen LogP contribution in [0.5, 0.6) is 5.75 Å². The van der Waals surface area contributed by atoms with Gasteiger partial charge in [-0.1, -0.05) is 6.92 Å². The van der Waals surface area contributed by atoms with Gasteiger partial charge in [-0.05, 0) is 81.7 Å². The topological polar surface area (TPSA) is 128 Å². The lowest BCUT2D eigenvalue weighted by Gasteiger charge is -2.26. The Balaban J connectivity index is 1.62. The molecule has 2 aromatic carbocycles. The molecule has 0 unspecified atom stereocenters. The van der Waals surface area contributed by atoms with E-state index < -0.39 is 27.2 Å². The highest BCUT2D eigenvalue weighted by Crippen LogP contribution is 2.38. The van der Waals surface area contributed by atoms with Crippen LogP contribution in [0, 0.1) is 18.6 Å². The molecule has 0 saturated heterocycles. The zero-order chi connectivity index (χ0) is 33.3. The number of anilines is 3. The van der Waals surface area contributed by atoms with Crippen molar-refractivity contribution >= 4 is 39.1 Å². The number of hydrogen-bond donors (Lipinski definition) is 3. The summed E-state index contributed by atoms with van der Waals surface area (Å²) in [6.07, 6.45) is 0.879. The fraction of sp³-hybridized carbons (Fsp3) is 0.387. The van der Waals surface area contributed by atoms with E-state index >= 15 is 0 Å². The first kappa shape index (κ1) is 35.1. The van der Waals surface area contributed by atoms with Gasteiger partial charge in [-0.25, -0.2) is 27.2 Å². The van der Waals surface area contributed by atoms with Crippen LogP contribution < -0.4 is 20.3 Å². The van der Waals surface area contributed by atoms with E-state index in [9.17, 15) is 17.2 Å². The maximum Gasteiger partial charge on any atom is 0.204 e. The quantitative estimate of drug-likeness (QED) is 0.103. The summed E-state index contributed by atoms with van der Waals surface area (Å²) in [5.74, 6) is -0.0627. The van der Waals surface area contributed by atoms with Crippen LogP contribution in [0.4, 0.5) is 26.2 Å². The molecule has 0 saturated carbocycles. The van der Waals surface area contributed by atoms with E-state index in [2.05, 4.69) is 37.6 Å². The van der Waals surface area contributed by atoms with Crippen LogP contribution >= 0.6 is 11.8 Å². The number of sulfone groups is 1. The van der Waals surface area contributed by atoms with Crippen molar-refractivity contribution in [3.05, 3.63) is 71.4 Å². The highest BCUT2D eigenvalue weighted by molar-refractivity contribution is 7.99. The summed E-state index contributed by atoms with van der Waals surface area (Å²) in [4.78, 5) is 14.6. The van der Waals surface area contributed by atoms with Crippen molar-refractivity contribution in [2.45, 2.75) is 41.0 Å². The molecule has 0 atom stereocenters. The van der Waals surface area contributed by atoms with Crippen LogP contribution in [0.2, 0.25) is 0 Å². The standard InChI is InChI=1S/C31H40F2N8O3S2/c1-6-15-41(17-14-34-13-16-40(3)4)30-28(44-5)29(35-27-18-21(2)38-39-27)36-31(37-30)45-24-8-10-25(11-9-24)46(42,43)20-22-19-23(32)7-12-26(22)33/h7-12,18-19,34H,6,13-17,20H2,1-5H3,(H2,35,36,37,38,39). The Kier molecular flexibility index (Phi) is 12.3. The van der Waals surface area contributed by atoms with E-state index in [1.807, 2.05) is 27.1 Å². The summed E-state index contributed by atoms with van der Waals surface area (Å²) < 4.78 is 59.6. The van der Waals surface area contributed by atoms with Gasteiger partial charge in [-0.2, -0.15) is 5.10 Å². The summed E-state index contributed by atoms with van der Waals surface area (Å²) in [6.45, 7) is 7.91. The smallest absolute Gasteiger partial charge is 0.204 e. The van der Waals surface area contributed by atoms with Gasteiger partial charge in [0.25, 0.3) is 0 Å². The lowest BCUT2D eigenvalue weighted by atomic mass is 10.2. The molecular weight excluding hydrogens is 635 g/mol. The molecule has 11 nitrogen and oxygen atoms in total. The highest BCUT2D eigenvalue weighted by atomic mass is 32.2. The molecule has 248 valence electrons. The van der Waals surface area contributed by atoms with Gasteiger partial charge in [0.15, 0.2) is 32.4 Å². The lowest BCUT2D eigenvalue weighted by Crippen LogP contribution is -2.36. The first-order chi connectivity index (χ1) is 22.0. The van der Waals surface area contributed by atoms with E-state index in [1.54, 1.807) is 19.2 Å². The molecule has 46 heavy (non-hydrogen) atoms. The van der Waals surface area contributed by atoms with Crippen molar-refractivity contribution in [2.24, 2.45) is 0 Å². The number of rotatable bonds is 17. The monoisotopic (exact) mass is 674 g/mol. The Hall–Kier alpha value is -3.79. The number of halogens is 2. The Morgan fingerprint density at radius 1 is 1.00 bits per heavy atom. The zero-order valence-corrected chi connectivity index (χ0v) is 28.2. The predicted octanol–water partition coefficient (Wildman–Crippen LogP) is 5.03. The molecule has 2 aromatic heterocycles. The van der Waals surface area contributed by atoms with E-state index in [0.29, 0.717) is 39.8 Å². The highest BCUT2D eigenvalue weighted by Gasteiger charge is 2.23. The molecule has 0 bridgehead atoms. The van der Waals surface area contributed by atoms with Gasteiger partial charge in [0.05, 0.1) is 17.8 Å². The Bertz CT molecular complexity index is 1700. The number of hydrogen-bond acceptors (Lipinski definition) is 11. The van der Waals surface area contributed by atoms with Crippen LogP contribution in [-0.4, -0.2) is 87.4 Å². The third-order valence-corrected chi connectivity index (χ3v) is 9.37. The Labute approximate surface area is 273 Å². The molecule has 0 amide bonds. The largest absolute Gasteiger partial charge is 0.490 e. The number of nitrogens with one attached hydrogen (secondary N) is 3. The molecule has 0 aliphatic rings. The predicted molar refractivity (Wildman–Crippen MR) is 177 cm³/mol. The van der Waals surface area contributed by atoms with Gasteiger partial charge in [0, 0.05) is 54.9 Å². The van der Waals surface area contributed by atoms with Crippen molar-refractivity contribution in [3.8, 4) is 5.75 Å². The van der Waals surface area contributed by atoms with Gasteiger partial charge >= 0.3 is 0 Å². The van der Waals surface area contributed by atoms with Gasteiger partial charge in [0.1, 0.15) is 11.6 Å². The fourth-order valence-corrected chi connectivity index (χ4v) is 6.65. The van der Waals surface area contributed by atoms with Crippen LogP contribution in [0.1, 0.15) is 24.6 Å². The van der Waals surface area contributed by atoms with Gasteiger partial charge < -0.3 is 25.2 Å². The molecule has 4 rings (SSSR count). The van der Waals surface area contributed by atoms with Crippen LogP contribution in [-0.2, 0) is 15.6 Å². The van der Waals surface area contributed by atoms with E-state index in [4.69, 9.17) is 14.7 Å². The molecule has 0 spiro atoms. The van der Waals surface area contributed by atoms with Crippen molar-refractivity contribution in [2.75, 3.05) is 64.1 Å². The van der Waals surface area contributed by atoms with Gasteiger partial charge in [0.2, 0.25) is 5.75 Å². The number of aromatic amines is 1. The fourth-order valence-electron chi connectivity index (χ4n) is 4.55. The number of ether oxygens (including phenoxy) is 1. The molecule has 0 aliphatic carbocycles. The van der Waals surface area contributed by atoms with E-state index in [0.717, 1.165) is 56.5 Å². The second-order valence-electron chi connectivity index (χ2n) is 10.9. The third kappa shape index (κ3) is 9.61. The minimum atomic E-state index is -3.93. The molecule has 0 radical (unpaired) electrons. The average Bonchev–Trinajstić information content (AvgIpc) is 3.42. The summed E-state index contributed by atoms with van der Waals surface area (Å²) >= 11 is 1.25. The Morgan fingerprint density at radius 3 is 2.39 bits per heavy atom. The van der Waals surface area contributed by atoms with Crippen molar-refractivity contribution < 1.29 is 21.9 Å². The third-order valence-electron chi connectivity index (χ3n) is 6.82. The number of nitrogens with zero attached hydrogens (tertiary/aromatic N) is 5. The number of aryl methyl sites for hydroxylation is 1. The number of H-pyrrole nitrogens is 1. The number of methoxy groups -OCH3 is 1. The molecule has 0 aliphatic heterocycles. The number of likely N-dealkylation sites (N-methyl/N-ethyl adjacent to an activating group) is 1. The summed E-state index contributed by atoms with van der Waals surface area (Å²) in [5.41, 5.74) is 0.645. The van der Waals surface area contributed by atoms with Crippen LogP contribution in [0.15, 0.2) is 63.5 Å². The van der Waals surface area contributed by atoms with E-state index in [-0.39, 0.29) is 10.5 Å². The average molecular weight is 675 g/mol. The first-order valence-corrected chi connectivity index (χ1v) is 17.3.